The topological polar surface area (TPSA) is 76.4 Å². The number of anilines is 1. The number of carbonyl (C=O) groups excluding carboxylic acids is 1. The first-order valence-electron chi connectivity index (χ1n) is 8.84. The molecule has 5 nitrogen and oxygen atoms in total. The van der Waals surface area contributed by atoms with E-state index in [1.54, 1.807) is 11.3 Å². The number of hydrogen-bond donors (Lipinski definition) is 2. The molecule has 1 aromatic rings. The lowest BCUT2D eigenvalue weighted by molar-refractivity contribution is -0.118. The minimum absolute atomic E-state index is 0.0849. The van der Waals surface area contributed by atoms with Crippen molar-refractivity contribution >= 4 is 22.2 Å². The average Bonchev–Trinajstić information content (AvgIpc) is 3.15. The number of likely N-dealkylation sites (tertiary alicyclic amines) is 1. The number of rotatable bonds is 5. The SMILES string of the molecule is CC[C@@]1(CO)CCCN1CC(=O)Nc1sc2c(c1C#N)CCCC2. The number of nitrogens with zero attached hydrogens (tertiary/aromatic N) is 2. The Balaban J connectivity index is 1.72. The van der Waals surface area contributed by atoms with Gasteiger partial charge in [0.05, 0.1) is 18.7 Å². The van der Waals surface area contributed by atoms with Crippen LogP contribution >= 0.6 is 11.3 Å². The molecule has 1 aliphatic carbocycles. The fourth-order valence-corrected chi connectivity index (χ4v) is 5.30. The quantitative estimate of drug-likeness (QED) is 0.858. The largest absolute Gasteiger partial charge is 0.394 e. The maximum absolute atomic E-state index is 12.5. The highest BCUT2D eigenvalue weighted by Crippen LogP contribution is 2.38. The minimum Gasteiger partial charge on any atom is -0.394 e. The second-order valence-electron chi connectivity index (χ2n) is 6.84. The summed E-state index contributed by atoms with van der Waals surface area (Å²) in [6, 6.07) is 2.28. The summed E-state index contributed by atoms with van der Waals surface area (Å²) in [4.78, 5) is 15.9. The number of fused-ring (bicyclic) bond motifs is 1. The molecule has 0 radical (unpaired) electrons. The maximum atomic E-state index is 12.5. The number of thiophene rings is 1. The molecular formula is C18H25N3O2S. The zero-order chi connectivity index (χ0) is 17.2. The lowest BCUT2D eigenvalue weighted by Gasteiger charge is -2.35. The molecule has 2 heterocycles. The standard InChI is InChI=1S/C18H25N3O2S/c1-2-18(12-22)8-5-9-21(18)11-16(23)20-17-14(10-19)13-6-3-4-7-15(13)24-17/h22H,2-9,11-12H2,1H3,(H,20,23)/t18-/m0/s1. The van der Waals surface area contributed by atoms with Crippen LogP contribution < -0.4 is 5.32 Å². The number of amides is 1. The smallest absolute Gasteiger partial charge is 0.239 e. The van der Waals surface area contributed by atoms with Gasteiger partial charge in [0.2, 0.25) is 5.91 Å². The van der Waals surface area contributed by atoms with Crippen molar-refractivity contribution in [3.63, 3.8) is 0 Å². The maximum Gasteiger partial charge on any atom is 0.239 e. The van der Waals surface area contributed by atoms with Crippen LogP contribution in [0.3, 0.4) is 0 Å². The number of nitriles is 1. The highest BCUT2D eigenvalue weighted by molar-refractivity contribution is 7.16. The third-order valence-corrected chi connectivity index (χ3v) is 6.77. The molecule has 0 bridgehead atoms. The Morgan fingerprint density at radius 3 is 2.92 bits per heavy atom. The van der Waals surface area contributed by atoms with Gasteiger partial charge in [0.25, 0.3) is 0 Å². The number of carbonyl (C=O) groups is 1. The summed E-state index contributed by atoms with van der Waals surface area (Å²) in [7, 11) is 0. The molecular weight excluding hydrogens is 322 g/mol. The first-order valence-corrected chi connectivity index (χ1v) is 9.65. The summed E-state index contributed by atoms with van der Waals surface area (Å²) < 4.78 is 0. The Kier molecular flexibility index (Phi) is 5.24. The van der Waals surface area contributed by atoms with E-state index in [4.69, 9.17) is 0 Å². The zero-order valence-corrected chi connectivity index (χ0v) is 15.0. The van der Waals surface area contributed by atoms with Crippen LogP contribution in [0.5, 0.6) is 0 Å². The van der Waals surface area contributed by atoms with Gasteiger partial charge in [-0.1, -0.05) is 6.92 Å². The van der Waals surface area contributed by atoms with Gasteiger partial charge in [-0.2, -0.15) is 5.26 Å². The van der Waals surface area contributed by atoms with Gasteiger partial charge >= 0.3 is 0 Å². The minimum atomic E-state index is -0.260. The fourth-order valence-electron chi connectivity index (χ4n) is 4.04. The fraction of sp³-hybridized carbons (Fsp3) is 0.667. The zero-order valence-electron chi connectivity index (χ0n) is 14.2. The number of aliphatic hydroxyl groups excluding tert-OH is 1. The molecule has 1 aliphatic heterocycles. The Bertz CT molecular complexity index is 658. The van der Waals surface area contributed by atoms with Crippen LogP contribution in [0.25, 0.3) is 0 Å². The predicted octanol–water partition coefficient (Wildman–Crippen LogP) is 2.67. The Labute approximate surface area is 147 Å². The molecule has 0 aromatic carbocycles. The molecule has 1 aromatic heterocycles. The lowest BCUT2D eigenvalue weighted by atomic mass is 9.94. The van der Waals surface area contributed by atoms with Crippen molar-refractivity contribution in [3.05, 3.63) is 16.0 Å². The third kappa shape index (κ3) is 3.08. The number of aryl methyl sites for hydroxylation is 1. The van der Waals surface area contributed by atoms with Crippen molar-refractivity contribution in [2.24, 2.45) is 0 Å². The van der Waals surface area contributed by atoms with Crippen LogP contribution in [-0.4, -0.2) is 41.1 Å². The number of nitrogens with one attached hydrogen (secondary N) is 1. The van der Waals surface area contributed by atoms with E-state index in [0.717, 1.165) is 57.1 Å². The van der Waals surface area contributed by atoms with Crippen molar-refractivity contribution in [2.45, 2.75) is 57.4 Å². The van der Waals surface area contributed by atoms with Gasteiger partial charge in [-0.25, -0.2) is 0 Å². The lowest BCUT2D eigenvalue weighted by Crippen LogP contribution is -2.49. The molecule has 24 heavy (non-hydrogen) atoms. The second kappa shape index (κ2) is 7.22. The monoisotopic (exact) mass is 347 g/mol. The third-order valence-electron chi connectivity index (χ3n) is 5.56. The Hall–Kier alpha value is -1.42. The summed E-state index contributed by atoms with van der Waals surface area (Å²) in [6.45, 7) is 3.27. The van der Waals surface area contributed by atoms with Gasteiger partial charge in [0, 0.05) is 10.4 Å². The van der Waals surface area contributed by atoms with Gasteiger partial charge in [-0.15, -0.1) is 11.3 Å². The van der Waals surface area contributed by atoms with Crippen molar-refractivity contribution in [1.82, 2.24) is 4.90 Å². The van der Waals surface area contributed by atoms with Crippen LogP contribution in [-0.2, 0) is 17.6 Å². The summed E-state index contributed by atoms with van der Waals surface area (Å²) in [5.41, 5.74) is 1.54. The number of hydrogen-bond acceptors (Lipinski definition) is 5. The number of aliphatic hydroxyl groups is 1. The molecule has 6 heteroatoms. The predicted molar refractivity (Wildman–Crippen MR) is 95.2 cm³/mol. The van der Waals surface area contributed by atoms with Crippen LogP contribution in [0, 0.1) is 11.3 Å². The van der Waals surface area contributed by atoms with Crippen LogP contribution in [0.4, 0.5) is 5.00 Å². The highest BCUT2D eigenvalue weighted by Gasteiger charge is 2.39. The second-order valence-corrected chi connectivity index (χ2v) is 7.94. The summed E-state index contributed by atoms with van der Waals surface area (Å²) in [5, 5.41) is 22.9. The Morgan fingerprint density at radius 2 is 2.21 bits per heavy atom. The van der Waals surface area contributed by atoms with Gasteiger partial charge in [-0.05, 0) is 57.1 Å². The summed E-state index contributed by atoms with van der Waals surface area (Å²) in [6.07, 6.45) is 7.03. The van der Waals surface area contributed by atoms with E-state index in [1.807, 2.05) is 0 Å². The summed E-state index contributed by atoms with van der Waals surface area (Å²) in [5.74, 6) is -0.0849. The van der Waals surface area contributed by atoms with Crippen LogP contribution in [0.15, 0.2) is 0 Å². The molecule has 1 atom stereocenters. The van der Waals surface area contributed by atoms with E-state index < -0.39 is 0 Å². The van der Waals surface area contributed by atoms with Gasteiger partial charge in [0.1, 0.15) is 11.1 Å². The first-order chi connectivity index (χ1) is 11.6. The Morgan fingerprint density at radius 1 is 1.42 bits per heavy atom. The average molecular weight is 347 g/mol. The molecule has 1 fully saturated rings. The molecule has 1 amide bonds. The van der Waals surface area contributed by atoms with Crippen LogP contribution in [0.2, 0.25) is 0 Å². The van der Waals surface area contributed by atoms with E-state index in [1.165, 1.54) is 4.88 Å². The molecule has 3 rings (SSSR count). The first kappa shape index (κ1) is 17.4. The van der Waals surface area contributed by atoms with Gasteiger partial charge < -0.3 is 10.4 Å². The normalized spacial score (nSPS) is 23.7. The molecule has 0 spiro atoms. The van der Waals surface area contributed by atoms with E-state index in [9.17, 15) is 15.2 Å². The van der Waals surface area contributed by atoms with E-state index in [0.29, 0.717) is 10.6 Å². The van der Waals surface area contributed by atoms with E-state index in [2.05, 4.69) is 23.2 Å². The molecule has 2 aliphatic rings. The molecule has 2 N–H and O–H groups in total. The van der Waals surface area contributed by atoms with Crippen molar-refractivity contribution in [2.75, 3.05) is 25.0 Å². The van der Waals surface area contributed by atoms with Crippen molar-refractivity contribution < 1.29 is 9.90 Å². The van der Waals surface area contributed by atoms with Crippen molar-refractivity contribution in [3.8, 4) is 6.07 Å². The van der Waals surface area contributed by atoms with Gasteiger partial charge in [-0.3, -0.25) is 9.69 Å². The molecule has 130 valence electrons. The van der Waals surface area contributed by atoms with Gasteiger partial charge in [0.15, 0.2) is 0 Å². The summed E-state index contributed by atoms with van der Waals surface area (Å²) >= 11 is 1.56. The molecule has 1 saturated heterocycles. The van der Waals surface area contributed by atoms with E-state index in [-0.39, 0.29) is 24.6 Å². The molecule has 0 saturated carbocycles. The van der Waals surface area contributed by atoms with Crippen LogP contribution in [0.1, 0.15) is 55.0 Å². The van der Waals surface area contributed by atoms with E-state index >= 15 is 0 Å². The highest BCUT2D eigenvalue weighted by atomic mass is 32.1. The molecule has 0 unspecified atom stereocenters. The van der Waals surface area contributed by atoms with Crippen molar-refractivity contribution in [1.29, 1.82) is 5.26 Å².